The quantitative estimate of drug-likeness (QED) is 0.887. The first-order chi connectivity index (χ1) is 9.41. The Balaban J connectivity index is 2.71. The van der Waals surface area contributed by atoms with Crippen LogP contribution < -0.4 is 0 Å². The van der Waals surface area contributed by atoms with Gasteiger partial charge in [0.1, 0.15) is 0 Å². The highest BCUT2D eigenvalue weighted by molar-refractivity contribution is 5.51. The average molecular weight is 278 g/mol. The van der Waals surface area contributed by atoms with E-state index >= 15 is 0 Å². The average Bonchev–Trinajstić information content (AvgIpc) is 2.44. The minimum absolute atomic E-state index is 0.320. The van der Waals surface area contributed by atoms with Crippen LogP contribution in [0, 0.1) is 11.6 Å². The fourth-order valence-electron chi connectivity index (χ4n) is 2.45. The lowest BCUT2D eigenvalue weighted by Crippen LogP contribution is -2.23. The summed E-state index contributed by atoms with van der Waals surface area (Å²) in [6.45, 7) is 3.56. The van der Waals surface area contributed by atoms with Crippen LogP contribution in [0.5, 0.6) is 11.5 Å². The first-order valence-electron chi connectivity index (χ1n) is 6.37. The van der Waals surface area contributed by atoms with Crippen molar-refractivity contribution in [2.45, 2.75) is 25.7 Å². The number of hydrogen-bond acceptors (Lipinski definition) is 2. The van der Waals surface area contributed by atoms with Crippen LogP contribution in [0.2, 0.25) is 0 Å². The van der Waals surface area contributed by atoms with Crippen molar-refractivity contribution < 1.29 is 19.0 Å². The number of halogens is 2. The molecule has 0 unspecified atom stereocenters. The smallest absolute Gasteiger partial charge is 0.165 e. The van der Waals surface area contributed by atoms with Crippen molar-refractivity contribution in [3.8, 4) is 11.5 Å². The van der Waals surface area contributed by atoms with Crippen LogP contribution in [0.1, 0.15) is 31.4 Å². The molecule has 0 fully saturated rings. The highest BCUT2D eigenvalue weighted by Gasteiger charge is 2.33. The molecule has 4 heteroatoms. The molecule has 0 amide bonds. The maximum absolute atomic E-state index is 13.6. The predicted molar refractivity (Wildman–Crippen MR) is 72.9 cm³/mol. The minimum atomic E-state index is -0.891. The molecule has 0 atom stereocenters. The second kappa shape index (κ2) is 5.12. The number of hydrogen-bond donors (Lipinski definition) is 2. The van der Waals surface area contributed by atoms with Crippen LogP contribution in [0.4, 0.5) is 8.78 Å². The summed E-state index contributed by atoms with van der Waals surface area (Å²) in [5.74, 6) is -2.42. The molecule has 0 aromatic heterocycles. The second-order valence-corrected chi connectivity index (χ2v) is 4.96. The summed E-state index contributed by atoms with van der Waals surface area (Å²) < 4.78 is 27.1. The van der Waals surface area contributed by atoms with Gasteiger partial charge in [0.15, 0.2) is 23.1 Å². The Morgan fingerprint density at radius 1 is 0.900 bits per heavy atom. The summed E-state index contributed by atoms with van der Waals surface area (Å²) in [5, 5.41) is 19.9. The number of phenols is 2. The van der Waals surface area contributed by atoms with Gasteiger partial charge in [0.25, 0.3) is 0 Å². The van der Waals surface area contributed by atoms with E-state index in [1.165, 1.54) is 12.1 Å². The molecule has 0 saturated carbocycles. The molecule has 20 heavy (non-hydrogen) atoms. The molecule has 2 rings (SSSR count). The van der Waals surface area contributed by atoms with Gasteiger partial charge in [-0.1, -0.05) is 38.1 Å². The molecule has 2 nitrogen and oxygen atoms in total. The van der Waals surface area contributed by atoms with Crippen molar-refractivity contribution in [3.63, 3.8) is 0 Å². The molecule has 0 aliphatic rings. The summed E-state index contributed by atoms with van der Waals surface area (Å²) in [4.78, 5) is 0. The van der Waals surface area contributed by atoms with E-state index in [9.17, 15) is 19.0 Å². The van der Waals surface area contributed by atoms with Gasteiger partial charge in [0.2, 0.25) is 0 Å². The van der Waals surface area contributed by atoms with Crippen molar-refractivity contribution in [3.05, 3.63) is 59.2 Å². The van der Waals surface area contributed by atoms with Crippen molar-refractivity contribution in [1.29, 1.82) is 0 Å². The largest absolute Gasteiger partial charge is 0.505 e. The number of benzene rings is 2. The maximum Gasteiger partial charge on any atom is 0.165 e. The van der Waals surface area contributed by atoms with Crippen LogP contribution in [0.3, 0.4) is 0 Å². The minimum Gasteiger partial charge on any atom is -0.505 e. The number of aromatic hydroxyl groups is 2. The van der Waals surface area contributed by atoms with E-state index < -0.39 is 28.5 Å². The summed E-state index contributed by atoms with van der Waals surface area (Å²) in [7, 11) is 0. The van der Waals surface area contributed by atoms with E-state index in [0.29, 0.717) is 17.5 Å². The van der Waals surface area contributed by atoms with E-state index in [1.54, 1.807) is 19.1 Å². The van der Waals surface area contributed by atoms with Crippen LogP contribution in [0.25, 0.3) is 0 Å². The molecular formula is C16H16F2O2. The second-order valence-electron chi connectivity index (χ2n) is 4.96. The van der Waals surface area contributed by atoms with Crippen molar-refractivity contribution >= 4 is 0 Å². The molecule has 0 spiro atoms. The fraction of sp³-hybridized carbons (Fsp3) is 0.250. The van der Waals surface area contributed by atoms with Gasteiger partial charge in [0.05, 0.1) is 0 Å². The Hall–Kier alpha value is -2.10. The lowest BCUT2D eigenvalue weighted by molar-refractivity contribution is 0.387. The molecule has 2 N–H and O–H groups in total. The van der Waals surface area contributed by atoms with Crippen LogP contribution in [0.15, 0.2) is 36.4 Å². The molecule has 106 valence electrons. The summed E-state index contributed by atoms with van der Waals surface area (Å²) >= 11 is 0. The number of phenolic OH excluding ortho intramolecular Hbond substituents is 2. The highest BCUT2D eigenvalue weighted by atomic mass is 19.1. The third kappa shape index (κ3) is 2.11. The van der Waals surface area contributed by atoms with Gasteiger partial charge in [-0.05, 0) is 18.6 Å². The molecule has 0 aliphatic carbocycles. The molecule has 0 saturated heterocycles. The summed E-state index contributed by atoms with van der Waals surface area (Å²) in [5.41, 5.74) is -0.250. The first kappa shape index (κ1) is 14.3. The van der Waals surface area contributed by atoms with E-state index in [-0.39, 0.29) is 0 Å². The third-order valence-electron chi connectivity index (χ3n) is 3.87. The molecule has 0 heterocycles. The van der Waals surface area contributed by atoms with Gasteiger partial charge in [0, 0.05) is 16.5 Å². The van der Waals surface area contributed by atoms with E-state index in [1.807, 2.05) is 6.92 Å². The van der Waals surface area contributed by atoms with E-state index in [0.717, 1.165) is 12.1 Å². The van der Waals surface area contributed by atoms with Crippen molar-refractivity contribution in [2.24, 2.45) is 0 Å². The molecule has 0 aliphatic heterocycles. The normalized spacial score (nSPS) is 11.6. The topological polar surface area (TPSA) is 40.5 Å². The molecule has 0 bridgehead atoms. The molecular weight excluding hydrogens is 262 g/mol. The van der Waals surface area contributed by atoms with Crippen LogP contribution in [-0.2, 0) is 5.41 Å². The van der Waals surface area contributed by atoms with Crippen LogP contribution >= 0.6 is 0 Å². The Kier molecular flexibility index (Phi) is 3.66. The Bertz CT molecular complexity index is 587. The lowest BCUT2D eigenvalue weighted by Gasteiger charge is -2.31. The van der Waals surface area contributed by atoms with Crippen molar-refractivity contribution in [1.82, 2.24) is 0 Å². The number of para-hydroxylation sites is 2. The standard InChI is InChI=1S/C16H16F2O2/c1-3-16(2,10-6-4-8-12(17)14(10)19)11-7-5-9-13(18)15(11)20/h4-9,19-20H,3H2,1-2H3. The van der Waals surface area contributed by atoms with Gasteiger partial charge in [-0.2, -0.15) is 0 Å². The van der Waals surface area contributed by atoms with Crippen molar-refractivity contribution in [2.75, 3.05) is 0 Å². The van der Waals surface area contributed by atoms with Gasteiger partial charge >= 0.3 is 0 Å². The lowest BCUT2D eigenvalue weighted by atomic mass is 9.73. The predicted octanol–water partition coefficient (Wildman–Crippen LogP) is 4.09. The summed E-state index contributed by atoms with van der Waals surface area (Å²) in [6, 6.07) is 8.42. The Morgan fingerprint density at radius 3 is 1.65 bits per heavy atom. The molecule has 2 aromatic rings. The molecule has 2 aromatic carbocycles. The highest BCUT2D eigenvalue weighted by Crippen LogP contribution is 2.44. The Morgan fingerprint density at radius 2 is 1.30 bits per heavy atom. The SMILES string of the molecule is CCC(C)(c1cccc(F)c1O)c1cccc(F)c1O. The zero-order valence-corrected chi connectivity index (χ0v) is 11.3. The zero-order chi connectivity index (χ0) is 14.9. The van der Waals surface area contributed by atoms with E-state index in [2.05, 4.69) is 0 Å². The third-order valence-corrected chi connectivity index (χ3v) is 3.87. The van der Waals surface area contributed by atoms with Gasteiger partial charge < -0.3 is 10.2 Å². The van der Waals surface area contributed by atoms with Gasteiger partial charge in [-0.3, -0.25) is 0 Å². The van der Waals surface area contributed by atoms with E-state index in [4.69, 9.17) is 0 Å². The molecule has 0 radical (unpaired) electrons. The monoisotopic (exact) mass is 278 g/mol. The fourth-order valence-corrected chi connectivity index (χ4v) is 2.45. The van der Waals surface area contributed by atoms with Crippen LogP contribution in [-0.4, -0.2) is 10.2 Å². The maximum atomic E-state index is 13.6. The number of rotatable bonds is 3. The zero-order valence-electron chi connectivity index (χ0n) is 11.3. The summed E-state index contributed by atoms with van der Waals surface area (Å²) in [6.07, 6.45) is 0.459. The van der Waals surface area contributed by atoms with Gasteiger partial charge in [-0.15, -0.1) is 0 Å². The Labute approximate surface area is 116 Å². The van der Waals surface area contributed by atoms with Gasteiger partial charge in [-0.25, -0.2) is 8.78 Å². The first-order valence-corrected chi connectivity index (χ1v) is 6.37.